The van der Waals surface area contributed by atoms with E-state index in [1.165, 1.54) is 0 Å². The number of aryl methyl sites for hydroxylation is 1. The molecular weight excluding hydrogens is 406 g/mol. The first kappa shape index (κ1) is 20.4. The van der Waals surface area contributed by atoms with Crippen LogP contribution >= 0.6 is 11.6 Å². The van der Waals surface area contributed by atoms with E-state index in [0.29, 0.717) is 22.6 Å². The van der Waals surface area contributed by atoms with Crippen molar-refractivity contribution in [1.82, 2.24) is 9.97 Å². The van der Waals surface area contributed by atoms with Gasteiger partial charge in [0.25, 0.3) is 5.56 Å². The number of carbonyl (C=O) groups excluding carboxylic acids is 2. The number of aromatic amines is 1. The summed E-state index contributed by atoms with van der Waals surface area (Å²) in [5, 5.41) is 5.78. The van der Waals surface area contributed by atoms with E-state index in [0.717, 1.165) is 31.5 Å². The number of hydrogen-bond acceptors (Lipinski definition) is 5. The predicted octanol–water partition coefficient (Wildman–Crippen LogP) is 3.03. The zero-order chi connectivity index (χ0) is 21.4. The van der Waals surface area contributed by atoms with Gasteiger partial charge in [0.2, 0.25) is 17.8 Å². The van der Waals surface area contributed by atoms with Gasteiger partial charge in [-0.05, 0) is 43.4 Å². The molecule has 2 aromatic rings. The highest BCUT2D eigenvalue weighted by Crippen LogP contribution is 2.32. The van der Waals surface area contributed by atoms with Gasteiger partial charge in [-0.1, -0.05) is 24.6 Å². The minimum absolute atomic E-state index is 0.131. The van der Waals surface area contributed by atoms with E-state index in [1.54, 1.807) is 12.1 Å². The Bertz CT molecular complexity index is 1060. The van der Waals surface area contributed by atoms with Gasteiger partial charge < -0.3 is 15.5 Å². The number of halogens is 1. The molecule has 3 N–H and O–H groups in total. The third-order valence-corrected chi connectivity index (χ3v) is 6.03. The van der Waals surface area contributed by atoms with Crippen LogP contribution in [-0.4, -0.2) is 34.9 Å². The molecule has 1 atom stereocenters. The third-order valence-electron chi connectivity index (χ3n) is 5.72. The molecule has 158 valence electrons. The van der Waals surface area contributed by atoms with Gasteiger partial charge in [-0.2, -0.15) is 4.98 Å². The number of fused-ring (bicyclic) bond motifs is 1. The van der Waals surface area contributed by atoms with E-state index in [4.69, 9.17) is 11.6 Å². The van der Waals surface area contributed by atoms with Gasteiger partial charge in [0.15, 0.2) is 0 Å². The molecule has 2 amide bonds. The standard InChI is InChI=1S/C21H24ClN5O3/c1-11-5-7-27(8-6-11)21-25-18-17(20(30)26-21)13(10-16(28)24-18)19(29)23-15-4-3-12(2)9-14(15)22/h3-4,9,11,13H,5-8,10H2,1-2H3,(H,23,29)(H2,24,25,26,28,30). The minimum atomic E-state index is -0.946. The normalized spacial score (nSPS) is 19.2. The summed E-state index contributed by atoms with van der Waals surface area (Å²) in [5.41, 5.74) is 1.15. The Morgan fingerprint density at radius 3 is 2.70 bits per heavy atom. The van der Waals surface area contributed by atoms with Crippen LogP contribution in [0.3, 0.4) is 0 Å². The van der Waals surface area contributed by atoms with Crippen LogP contribution in [0.1, 0.15) is 43.2 Å². The Labute approximate surface area is 179 Å². The molecule has 0 bridgehead atoms. The summed E-state index contributed by atoms with van der Waals surface area (Å²) in [6.07, 6.45) is 1.89. The third kappa shape index (κ3) is 4.05. The monoisotopic (exact) mass is 429 g/mol. The van der Waals surface area contributed by atoms with E-state index >= 15 is 0 Å². The Balaban J connectivity index is 1.63. The van der Waals surface area contributed by atoms with Crippen molar-refractivity contribution in [2.45, 2.75) is 39.0 Å². The average Bonchev–Trinajstić information content (AvgIpc) is 2.69. The SMILES string of the molecule is Cc1ccc(NC(=O)C2CC(=O)Nc3nc(N4CCC(C)CC4)[nH]c(=O)c32)c(Cl)c1. The van der Waals surface area contributed by atoms with E-state index in [1.807, 2.05) is 17.9 Å². The number of H-pyrrole nitrogens is 1. The molecule has 1 unspecified atom stereocenters. The second kappa shape index (κ2) is 8.10. The Morgan fingerprint density at radius 1 is 1.27 bits per heavy atom. The van der Waals surface area contributed by atoms with Gasteiger partial charge in [-0.15, -0.1) is 0 Å². The largest absolute Gasteiger partial charge is 0.342 e. The maximum Gasteiger partial charge on any atom is 0.258 e. The summed E-state index contributed by atoms with van der Waals surface area (Å²) in [5.74, 6) is -0.560. The summed E-state index contributed by atoms with van der Waals surface area (Å²) in [4.78, 5) is 47.4. The molecule has 9 heteroatoms. The fourth-order valence-corrected chi connectivity index (χ4v) is 4.18. The average molecular weight is 430 g/mol. The van der Waals surface area contributed by atoms with Crippen molar-refractivity contribution in [1.29, 1.82) is 0 Å². The molecule has 1 aromatic carbocycles. The van der Waals surface area contributed by atoms with Gasteiger partial charge in [0, 0.05) is 19.5 Å². The molecule has 1 aromatic heterocycles. The molecule has 30 heavy (non-hydrogen) atoms. The van der Waals surface area contributed by atoms with Crippen LogP contribution < -0.4 is 21.1 Å². The van der Waals surface area contributed by atoms with E-state index in [9.17, 15) is 14.4 Å². The number of rotatable bonds is 3. The molecule has 0 spiro atoms. The molecule has 2 aliphatic rings. The lowest BCUT2D eigenvalue weighted by molar-refractivity contribution is -0.123. The Hall–Kier alpha value is -2.87. The van der Waals surface area contributed by atoms with Gasteiger partial charge in [0.05, 0.1) is 22.2 Å². The number of benzene rings is 1. The van der Waals surface area contributed by atoms with Crippen molar-refractivity contribution in [3.05, 3.63) is 44.7 Å². The number of piperidine rings is 1. The second-order valence-electron chi connectivity index (χ2n) is 8.10. The lowest BCUT2D eigenvalue weighted by atomic mass is 9.92. The molecule has 0 saturated carbocycles. The number of hydrogen-bond donors (Lipinski definition) is 3. The highest BCUT2D eigenvalue weighted by atomic mass is 35.5. The molecule has 0 radical (unpaired) electrons. The van der Waals surface area contributed by atoms with Crippen LogP contribution in [0.2, 0.25) is 5.02 Å². The first-order valence-corrected chi connectivity index (χ1v) is 10.5. The number of nitrogens with one attached hydrogen (secondary N) is 3. The van der Waals surface area contributed by atoms with Crippen LogP contribution in [0.5, 0.6) is 0 Å². The van der Waals surface area contributed by atoms with E-state index in [-0.39, 0.29) is 23.7 Å². The van der Waals surface area contributed by atoms with E-state index < -0.39 is 17.4 Å². The fraction of sp³-hybridized carbons (Fsp3) is 0.429. The van der Waals surface area contributed by atoms with Crippen molar-refractivity contribution < 1.29 is 9.59 Å². The molecule has 1 fully saturated rings. The van der Waals surface area contributed by atoms with Crippen LogP contribution in [0, 0.1) is 12.8 Å². The van der Waals surface area contributed by atoms with Crippen molar-refractivity contribution in [3.8, 4) is 0 Å². The topological polar surface area (TPSA) is 107 Å². The van der Waals surface area contributed by atoms with Gasteiger partial charge >= 0.3 is 0 Å². The quantitative estimate of drug-likeness (QED) is 0.695. The number of amides is 2. The Kier molecular flexibility index (Phi) is 5.51. The zero-order valence-electron chi connectivity index (χ0n) is 16.9. The highest BCUT2D eigenvalue weighted by Gasteiger charge is 2.35. The summed E-state index contributed by atoms with van der Waals surface area (Å²) < 4.78 is 0. The first-order valence-electron chi connectivity index (χ1n) is 10.1. The lowest BCUT2D eigenvalue weighted by Crippen LogP contribution is -2.39. The Morgan fingerprint density at radius 2 is 2.00 bits per heavy atom. The molecule has 0 aliphatic carbocycles. The molecule has 1 saturated heterocycles. The molecule has 4 rings (SSSR count). The van der Waals surface area contributed by atoms with Gasteiger partial charge in [0.1, 0.15) is 5.82 Å². The molecule has 2 aliphatic heterocycles. The molecular formula is C21H24ClN5O3. The van der Waals surface area contributed by atoms with Crippen molar-refractivity contribution in [2.24, 2.45) is 5.92 Å². The molecule has 8 nitrogen and oxygen atoms in total. The molecule has 3 heterocycles. The second-order valence-corrected chi connectivity index (χ2v) is 8.51. The van der Waals surface area contributed by atoms with Crippen molar-refractivity contribution >= 4 is 40.9 Å². The van der Waals surface area contributed by atoms with Gasteiger partial charge in [-0.25, -0.2) is 0 Å². The number of nitrogens with zero attached hydrogens (tertiary/aromatic N) is 2. The van der Waals surface area contributed by atoms with Crippen LogP contribution in [0.25, 0.3) is 0 Å². The van der Waals surface area contributed by atoms with E-state index in [2.05, 4.69) is 27.5 Å². The van der Waals surface area contributed by atoms with Gasteiger partial charge in [-0.3, -0.25) is 19.4 Å². The van der Waals surface area contributed by atoms with Crippen molar-refractivity contribution in [2.75, 3.05) is 28.6 Å². The smallest absolute Gasteiger partial charge is 0.258 e. The number of anilines is 3. The van der Waals surface area contributed by atoms with Crippen LogP contribution in [-0.2, 0) is 9.59 Å². The maximum absolute atomic E-state index is 12.9. The van der Waals surface area contributed by atoms with Crippen LogP contribution in [0.15, 0.2) is 23.0 Å². The van der Waals surface area contributed by atoms with Crippen LogP contribution in [0.4, 0.5) is 17.5 Å². The number of carbonyl (C=O) groups is 2. The predicted molar refractivity (Wildman–Crippen MR) is 116 cm³/mol. The first-order chi connectivity index (χ1) is 14.3. The fourth-order valence-electron chi connectivity index (χ4n) is 3.89. The summed E-state index contributed by atoms with van der Waals surface area (Å²) in [6.45, 7) is 5.66. The summed E-state index contributed by atoms with van der Waals surface area (Å²) in [7, 11) is 0. The highest BCUT2D eigenvalue weighted by molar-refractivity contribution is 6.33. The maximum atomic E-state index is 12.9. The number of aromatic nitrogens is 2. The summed E-state index contributed by atoms with van der Waals surface area (Å²) in [6, 6.07) is 5.25. The summed E-state index contributed by atoms with van der Waals surface area (Å²) >= 11 is 6.21. The van der Waals surface area contributed by atoms with Crippen molar-refractivity contribution in [3.63, 3.8) is 0 Å². The lowest BCUT2D eigenvalue weighted by Gasteiger charge is -2.31. The zero-order valence-corrected chi connectivity index (χ0v) is 17.7. The minimum Gasteiger partial charge on any atom is -0.342 e.